The molecule has 3 aliphatic heterocycles. The Balaban J connectivity index is 0.895. The number of aromatic nitrogens is 1. The topological polar surface area (TPSA) is 49.0 Å². The lowest BCUT2D eigenvalue weighted by molar-refractivity contribution is 0.615. The number of hydrogen-bond acceptors (Lipinski definition) is 4. The van der Waals surface area contributed by atoms with E-state index in [0.29, 0.717) is 0 Å². The van der Waals surface area contributed by atoms with Gasteiger partial charge in [-0.15, -0.1) is 0 Å². The van der Waals surface area contributed by atoms with Crippen molar-refractivity contribution in [2.75, 3.05) is 5.32 Å². The Labute approximate surface area is 314 Å². The molecule has 3 unspecified atom stereocenters. The molecule has 0 saturated carbocycles. The average Bonchev–Trinajstić information content (AvgIpc) is 3.25. The van der Waals surface area contributed by atoms with Crippen LogP contribution in [0, 0.1) is 0 Å². The van der Waals surface area contributed by atoms with Crippen molar-refractivity contribution in [3.8, 4) is 11.3 Å². The van der Waals surface area contributed by atoms with E-state index in [4.69, 9.17) is 4.98 Å². The van der Waals surface area contributed by atoms with Gasteiger partial charge in [-0.2, -0.15) is 0 Å². The van der Waals surface area contributed by atoms with Gasteiger partial charge in [-0.25, -0.2) is 4.98 Å². The first kappa shape index (κ1) is 30.7. The van der Waals surface area contributed by atoms with Gasteiger partial charge in [-0.3, -0.25) is 0 Å². The number of nitrogens with one attached hydrogen (secondary N) is 3. The summed E-state index contributed by atoms with van der Waals surface area (Å²) in [6, 6.07) is 48.0. The lowest BCUT2D eigenvalue weighted by Gasteiger charge is -2.36. The Morgan fingerprint density at radius 2 is 1.19 bits per heavy atom. The number of rotatable bonds is 4. The van der Waals surface area contributed by atoms with Gasteiger partial charge in [0.2, 0.25) is 0 Å². The Kier molecular flexibility index (Phi) is 7.02. The number of benzene rings is 6. The molecule has 4 heterocycles. The number of allylic oxidation sites excluding steroid dienone is 5. The van der Waals surface area contributed by atoms with Crippen molar-refractivity contribution in [3.05, 3.63) is 215 Å². The second-order valence-corrected chi connectivity index (χ2v) is 14.5. The van der Waals surface area contributed by atoms with Crippen molar-refractivity contribution < 1.29 is 0 Å². The summed E-state index contributed by atoms with van der Waals surface area (Å²) in [6.45, 7) is 0. The minimum atomic E-state index is 0.0233. The van der Waals surface area contributed by atoms with E-state index in [2.05, 4.69) is 198 Å². The molecule has 54 heavy (non-hydrogen) atoms. The molecule has 0 saturated heterocycles. The van der Waals surface area contributed by atoms with E-state index in [-0.39, 0.29) is 18.1 Å². The van der Waals surface area contributed by atoms with Crippen LogP contribution in [-0.4, -0.2) is 11.0 Å². The van der Waals surface area contributed by atoms with Crippen LogP contribution in [-0.2, 0) is 0 Å². The van der Waals surface area contributed by atoms with Crippen LogP contribution in [0.25, 0.3) is 55.5 Å². The highest BCUT2D eigenvalue weighted by molar-refractivity contribution is 5.98. The van der Waals surface area contributed by atoms with Gasteiger partial charge in [0.25, 0.3) is 0 Å². The minimum Gasteiger partial charge on any atom is -0.376 e. The molecule has 0 fully saturated rings. The molecule has 3 atom stereocenters. The van der Waals surface area contributed by atoms with Crippen molar-refractivity contribution in [2.45, 2.75) is 18.1 Å². The normalized spacial score (nSPS) is 19.7. The fraction of sp³-hybridized carbons (Fsp3) is 0.0600. The van der Waals surface area contributed by atoms with Crippen LogP contribution in [0.4, 0.5) is 5.69 Å². The van der Waals surface area contributed by atoms with Crippen LogP contribution in [0.1, 0.15) is 34.3 Å². The van der Waals surface area contributed by atoms with E-state index in [1.807, 2.05) is 0 Å². The summed E-state index contributed by atoms with van der Waals surface area (Å²) in [5, 5.41) is 17.9. The molecule has 1 aromatic heterocycles. The number of dihydropyridines is 2. The lowest BCUT2D eigenvalue weighted by atomic mass is 9.86. The maximum Gasteiger partial charge on any atom is 0.0947 e. The van der Waals surface area contributed by atoms with Gasteiger partial charge in [0.1, 0.15) is 0 Å². The number of pyridine rings is 1. The van der Waals surface area contributed by atoms with Crippen molar-refractivity contribution in [2.24, 2.45) is 0 Å². The third-order valence-electron chi connectivity index (χ3n) is 11.4. The summed E-state index contributed by atoms with van der Waals surface area (Å²) in [5.74, 6) is 0. The molecule has 0 spiro atoms. The van der Waals surface area contributed by atoms with Crippen LogP contribution >= 0.6 is 0 Å². The van der Waals surface area contributed by atoms with Crippen LogP contribution < -0.4 is 16.0 Å². The second kappa shape index (κ2) is 12.4. The van der Waals surface area contributed by atoms with E-state index < -0.39 is 0 Å². The van der Waals surface area contributed by atoms with Crippen molar-refractivity contribution in [1.82, 2.24) is 15.6 Å². The highest BCUT2D eigenvalue weighted by Gasteiger charge is 2.30. The van der Waals surface area contributed by atoms with E-state index in [1.54, 1.807) is 0 Å². The molecular weight excluding hydrogens is 657 g/mol. The third kappa shape index (κ3) is 5.10. The number of fused-ring (bicyclic) bond motifs is 7. The summed E-state index contributed by atoms with van der Waals surface area (Å²) >= 11 is 0. The van der Waals surface area contributed by atoms with Gasteiger partial charge >= 0.3 is 0 Å². The smallest absolute Gasteiger partial charge is 0.0947 e. The van der Waals surface area contributed by atoms with Gasteiger partial charge in [0.15, 0.2) is 0 Å². The molecule has 0 bridgehead atoms. The first-order valence-electron chi connectivity index (χ1n) is 18.7. The molecule has 4 aliphatic rings. The monoisotopic (exact) mass is 692 g/mol. The summed E-state index contributed by atoms with van der Waals surface area (Å²) in [4.78, 5) is 5.33. The number of hydrogen-bond donors (Lipinski definition) is 3. The van der Waals surface area contributed by atoms with Crippen molar-refractivity contribution in [1.29, 1.82) is 0 Å². The highest BCUT2D eigenvalue weighted by Crippen LogP contribution is 2.39. The maximum atomic E-state index is 5.33. The fourth-order valence-electron chi connectivity index (χ4n) is 8.61. The molecule has 0 amide bonds. The zero-order chi connectivity index (χ0) is 35.6. The average molecular weight is 693 g/mol. The summed E-state index contributed by atoms with van der Waals surface area (Å²) in [5.41, 5.74) is 13.7. The van der Waals surface area contributed by atoms with E-state index in [9.17, 15) is 0 Å². The van der Waals surface area contributed by atoms with Crippen LogP contribution in [0.15, 0.2) is 193 Å². The molecular formula is C50H36N4. The molecule has 3 N–H and O–H groups in total. The lowest BCUT2D eigenvalue weighted by Crippen LogP contribution is -2.42. The zero-order valence-corrected chi connectivity index (χ0v) is 29.5. The molecule has 6 aromatic carbocycles. The first-order chi connectivity index (χ1) is 26.7. The quantitative estimate of drug-likeness (QED) is 0.172. The first-order valence-corrected chi connectivity index (χ1v) is 18.7. The molecule has 256 valence electrons. The molecule has 7 aromatic rings. The second-order valence-electron chi connectivity index (χ2n) is 14.5. The number of anilines is 1. The van der Waals surface area contributed by atoms with Gasteiger partial charge in [0, 0.05) is 22.3 Å². The molecule has 4 heteroatoms. The summed E-state index contributed by atoms with van der Waals surface area (Å²) in [7, 11) is 0. The van der Waals surface area contributed by atoms with Gasteiger partial charge < -0.3 is 16.0 Å². The molecule has 0 radical (unpaired) electrons. The van der Waals surface area contributed by atoms with E-state index in [0.717, 1.165) is 44.7 Å². The predicted octanol–water partition coefficient (Wildman–Crippen LogP) is 11.4. The summed E-state index contributed by atoms with van der Waals surface area (Å²) in [6.07, 6.45) is 18.0. The van der Waals surface area contributed by atoms with Gasteiger partial charge in [0.05, 0.1) is 35.0 Å². The molecule has 11 rings (SSSR count). The Bertz CT molecular complexity index is 2870. The molecule has 1 aliphatic carbocycles. The number of nitrogens with zero attached hydrogens (tertiary/aromatic N) is 1. The zero-order valence-electron chi connectivity index (χ0n) is 29.5. The highest BCUT2D eigenvalue weighted by atomic mass is 15.0. The third-order valence-corrected chi connectivity index (χ3v) is 11.4. The van der Waals surface area contributed by atoms with Gasteiger partial charge in [-0.05, 0) is 73.2 Å². The van der Waals surface area contributed by atoms with Crippen LogP contribution in [0.3, 0.4) is 0 Å². The minimum absolute atomic E-state index is 0.0233. The fourth-order valence-corrected chi connectivity index (χ4v) is 8.61. The Morgan fingerprint density at radius 3 is 2.00 bits per heavy atom. The van der Waals surface area contributed by atoms with Crippen LogP contribution in [0.2, 0.25) is 0 Å². The molecule has 4 nitrogen and oxygen atoms in total. The van der Waals surface area contributed by atoms with Crippen molar-refractivity contribution in [3.63, 3.8) is 0 Å². The van der Waals surface area contributed by atoms with E-state index >= 15 is 0 Å². The Hall–Kier alpha value is -6.91. The maximum absolute atomic E-state index is 5.33. The Morgan fingerprint density at radius 1 is 0.500 bits per heavy atom. The predicted molar refractivity (Wildman–Crippen MR) is 225 cm³/mol. The summed E-state index contributed by atoms with van der Waals surface area (Å²) < 4.78 is 0. The largest absolute Gasteiger partial charge is 0.376 e. The SMILES string of the molecule is C1=CC2=C(NC(c3cccc4ccccc34)C=C2)C2NC(c3cccc(-c4ccc5ccc6c(c5n4)NC(c4cccc5ccccc45)C=C6)c3)=CC=C12. The van der Waals surface area contributed by atoms with Crippen molar-refractivity contribution >= 4 is 49.9 Å². The van der Waals surface area contributed by atoms with E-state index in [1.165, 1.54) is 49.5 Å². The standard InChI is InChI=1S/C50H36N4/c1-3-14-39-31(8-1)10-6-16-41(39)45-28-24-35-20-18-33-22-26-43(51-47(33)49(35)53-45)37-12-5-13-38(30-37)44-27-23-34-19-21-36-25-29-46(54-50(36)48(34)52-44)42-17-7-11-32-9-2-4-15-40(32)42/h1-30,45-47,51,53-54H. The van der Waals surface area contributed by atoms with Gasteiger partial charge in [-0.1, -0.05) is 164 Å². The van der Waals surface area contributed by atoms with Crippen LogP contribution in [0.5, 0.6) is 0 Å².